The Kier molecular flexibility index (Phi) is 28.5. The summed E-state index contributed by atoms with van der Waals surface area (Å²) in [6, 6.07) is 0. The maximum atomic E-state index is 8.68. The van der Waals surface area contributed by atoms with Gasteiger partial charge in [0.1, 0.15) is 0 Å². The Bertz CT molecular complexity index is 265. The maximum absolute atomic E-state index is 8.68. The number of aliphatic hydroxyl groups excluding tert-OH is 1. The summed E-state index contributed by atoms with van der Waals surface area (Å²) >= 11 is 0. The first-order chi connectivity index (χ1) is 14.9. The molecule has 0 aliphatic carbocycles. The van der Waals surface area contributed by atoms with Gasteiger partial charge in [-0.2, -0.15) is 0 Å². The third-order valence-corrected chi connectivity index (χ3v) is 4.40. The van der Waals surface area contributed by atoms with Crippen molar-refractivity contribution in [1.82, 2.24) is 0 Å². The number of hydrogen-bond acceptors (Lipinski definition) is 7. The van der Waals surface area contributed by atoms with Crippen molar-refractivity contribution >= 4 is 0 Å². The van der Waals surface area contributed by atoms with E-state index in [1.807, 2.05) is 0 Å². The van der Waals surface area contributed by atoms with Gasteiger partial charge in [-0.3, -0.25) is 0 Å². The average Bonchev–Trinajstić information content (AvgIpc) is 2.76. The summed E-state index contributed by atoms with van der Waals surface area (Å²) in [6.07, 6.45) is 9.94. The van der Waals surface area contributed by atoms with Gasteiger partial charge >= 0.3 is 0 Å². The van der Waals surface area contributed by atoms with Gasteiger partial charge in [0.2, 0.25) is 0 Å². The topological polar surface area (TPSA) is 75.6 Å². The van der Waals surface area contributed by atoms with Crippen molar-refractivity contribution in [3.63, 3.8) is 0 Å². The van der Waals surface area contributed by atoms with Crippen LogP contribution in [-0.4, -0.2) is 91.0 Å². The second kappa shape index (κ2) is 28.7. The summed E-state index contributed by atoms with van der Waals surface area (Å²) in [7, 11) is 0. The lowest BCUT2D eigenvalue weighted by Crippen LogP contribution is -2.12. The van der Waals surface area contributed by atoms with Crippen LogP contribution in [0.4, 0.5) is 0 Å². The standard InChI is InChI=1S/C23H48O7/c1-2-3-4-8-12-25-16-20-29-22-18-27-14-10-15-28-19-23-30-21-17-26-13-9-6-5-7-11-24/h24H,2-23H2,1H3. The highest BCUT2D eigenvalue weighted by Crippen LogP contribution is 1.99. The Morgan fingerprint density at radius 1 is 0.367 bits per heavy atom. The third-order valence-electron chi connectivity index (χ3n) is 4.40. The van der Waals surface area contributed by atoms with E-state index in [-0.39, 0.29) is 6.61 Å². The van der Waals surface area contributed by atoms with Gasteiger partial charge in [0.25, 0.3) is 0 Å². The molecule has 0 aromatic heterocycles. The molecule has 182 valence electrons. The average molecular weight is 437 g/mol. The highest BCUT2D eigenvalue weighted by Gasteiger charge is 1.95. The van der Waals surface area contributed by atoms with Crippen molar-refractivity contribution in [1.29, 1.82) is 0 Å². The van der Waals surface area contributed by atoms with Gasteiger partial charge < -0.3 is 33.5 Å². The minimum Gasteiger partial charge on any atom is -0.396 e. The number of aliphatic hydroxyl groups is 1. The fraction of sp³-hybridized carbons (Fsp3) is 1.00. The van der Waals surface area contributed by atoms with E-state index < -0.39 is 0 Å². The summed E-state index contributed by atoms with van der Waals surface area (Å²) in [6.45, 7) is 10.4. The van der Waals surface area contributed by atoms with Crippen molar-refractivity contribution in [3.05, 3.63) is 0 Å². The molecule has 0 spiro atoms. The quantitative estimate of drug-likeness (QED) is 0.197. The van der Waals surface area contributed by atoms with E-state index in [0.29, 0.717) is 66.1 Å². The lowest BCUT2D eigenvalue weighted by Gasteiger charge is -2.08. The second-order valence-electron chi connectivity index (χ2n) is 7.23. The van der Waals surface area contributed by atoms with Crippen molar-refractivity contribution in [2.24, 2.45) is 0 Å². The third kappa shape index (κ3) is 27.7. The summed E-state index contributed by atoms with van der Waals surface area (Å²) < 4.78 is 33.0. The van der Waals surface area contributed by atoms with Crippen LogP contribution >= 0.6 is 0 Å². The Morgan fingerprint density at radius 3 is 1.10 bits per heavy atom. The van der Waals surface area contributed by atoms with E-state index in [0.717, 1.165) is 51.7 Å². The molecule has 0 heterocycles. The largest absolute Gasteiger partial charge is 0.396 e. The molecule has 0 unspecified atom stereocenters. The van der Waals surface area contributed by atoms with Crippen LogP contribution in [0.15, 0.2) is 0 Å². The van der Waals surface area contributed by atoms with Crippen LogP contribution in [0.25, 0.3) is 0 Å². The van der Waals surface area contributed by atoms with Crippen molar-refractivity contribution in [2.45, 2.75) is 64.7 Å². The van der Waals surface area contributed by atoms with Crippen LogP contribution in [0, 0.1) is 0 Å². The fourth-order valence-corrected chi connectivity index (χ4v) is 2.65. The zero-order valence-corrected chi connectivity index (χ0v) is 19.5. The first-order valence-corrected chi connectivity index (χ1v) is 12.0. The number of unbranched alkanes of at least 4 members (excludes halogenated alkanes) is 6. The second-order valence-corrected chi connectivity index (χ2v) is 7.23. The lowest BCUT2D eigenvalue weighted by molar-refractivity contribution is -0.000467. The molecule has 0 saturated carbocycles. The highest BCUT2D eigenvalue weighted by molar-refractivity contribution is 4.42. The summed E-state index contributed by atoms with van der Waals surface area (Å²) in [5.41, 5.74) is 0. The van der Waals surface area contributed by atoms with Crippen LogP contribution in [0.3, 0.4) is 0 Å². The minimum absolute atomic E-state index is 0.286. The molecule has 30 heavy (non-hydrogen) atoms. The number of ether oxygens (including phenoxy) is 6. The molecule has 0 aliphatic heterocycles. The zero-order valence-electron chi connectivity index (χ0n) is 19.5. The van der Waals surface area contributed by atoms with Gasteiger partial charge in [0.15, 0.2) is 0 Å². The highest BCUT2D eigenvalue weighted by atomic mass is 16.6. The number of hydrogen-bond donors (Lipinski definition) is 1. The Labute approximate surface area is 184 Å². The van der Waals surface area contributed by atoms with Crippen molar-refractivity contribution in [2.75, 3.05) is 85.9 Å². The molecule has 0 bridgehead atoms. The Balaban J connectivity index is 2.97. The molecular formula is C23H48O7. The van der Waals surface area contributed by atoms with Gasteiger partial charge in [0.05, 0.1) is 52.9 Å². The molecule has 0 aromatic rings. The molecule has 1 N–H and O–H groups in total. The van der Waals surface area contributed by atoms with E-state index in [9.17, 15) is 0 Å². The molecule has 7 heteroatoms. The molecule has 0 aromatic carbocycles. The molecule has 0 aliphatic rings. The monoisotopic (exact) mass is 436 g/mol. The fourth-order valence-electron chi connectivity index (χ4n) is 2.65. The molecule has 0 rings (SSSR count). The SMILES string of the molecule is CCCCCCOCCOCCOCCCOCCOCCOCCCCCCO. The van der Waals surface area contributed by atoms with Crippen LogP contribution in [0.5, 0.6) is 0 Å². The predicted molar refractivity (Wildman–Crippen MR) is 119 cm³/mol. The maximum Gasteiger partial charge on any atom is 0.0701 e. The molecule has 0 saturated heterocycles. The summed E-state index contributed by atoms with van der Waals surface area (Å²) in [4.78, 5) is 0. The van der Waals surface area contributed by atoms with E-state index in [4.69, 9.17) is 33.5 Å². The predicted octanol–water partition coefficient (Wildman–Crippen LogP) is 3.61. The normalized spacial score (nSPS) is 11.4. The van der Waals surface area contributed by atoms with E-state index >= 15 is 0 Å². The van der Waals surface area contributed by atoms with E-state index in [1.54, 1.807) is 0 Å². The van der Waals surface area contributed by atoms with E-state index in [2.05, 4.69) is 6.92 Å². The first-order valence-electron chi connectivity index (χ1n) is 12.0. The minimum atomic E-state index is 0.286. The van der Waals surface area contributed by atoms with Crippen LogP contribution < -0.4 is 0 Å². The van der Waals surface area contributed by atoms with Crippen LogP contribution in [0.1, 0.15) is 64.7 Å². The lowest BCUT2D eigenvalue weighted by atomic mass is 10.2. The van der Waals surface area contributed by atoms with Gasteiger partial charge in [-0.05, 0) is 25.7 Å². The van der Waals surface area contributed by atoms with Crippen molar-refractivity contribution < 1.29 is 33.5 Å². The summed E-state index contributed by atoms with van der Waals surface area (Å²) in [5, 5.41) is 8.68. The van der Waals surface area contributed by atoms with Gasteiger partial charge in [-0.1, -0.05) is 39.0 Å². The van der Waals surface area contributed by atoms with Crippen molar-refractivity contribution in [3.8, 4) is 0 Å². The van der Waals surface area contributed by atoms with Gasteiger partial charge in [-0.15, -0.1) is 0 Å². The smallest absolute Gasteiger partial charge is 0.0701 e. The zero-order chi connectivity index (χ0) is 21.8. The van der Waals surface area contributed by atoms with Gasteiger partial charge in [0, 0.05) is 33.0 Å². The Morgan fingerprint density at radius 2 is 0.700 bits per heavy atom. The Hall–Kier alpha value is -0.280. The number of rotatable bonds is 27. The molecular weight excluding hydrogens is 388 g/mol. The molecule has 0 amide bonds. The first kappa shape index (κ1) is 29.7. The molecule has 0 fully saturated rings. The van der Waals surface area contributed by atoms with Gasteiger partial charge in [-0.25, -0.2) is 0 Å². The molecule has 0 atom stereocenters. The van der Waals surface area contributed by atoms with Crippen LogP contribution in [0.2, 0.25) is 0 Å². The molecule has 0 radical (unpaired) electrons. The van der Waals surface area contributed by atoms with E-state index in [1.165, 1.54) is 19.3 Å². The summed E-state index contributed by atoms with van der Waals surface area (Å²) in [5.74, 6) is 0. The molecule has 7 nitrogen and oxygen atoms in total. The van der Waals surface area contributed by atoms with Crippen LogP contribution in [-0.2, 0) is 28.4 Å².